The van der Waals surface area contributed by atoms with Crippen molar-refractivity contribution in [3.8, 4) is 5.88 Å². The first-order chi connectivity index (χ1) is 5.65. The number of carboxylic acid groups (broad SMARTS) is 1. The summed E-state index contributed by atoms with van der Waals surface area (Å²) in [4.78, 5) is 17.6. The van der Waals surface area contributed by atoms with Gasteiger partial charge in [-0.15, -0.1) is 0 Å². The van der Waals surface area contributed by atoms with E-state index in [9.17, 15) is 4.79 Å². The number of nitrogens with zero attached hydrogens (tertiary/aromatic N) is 2. The molecule has 6 nitrogen and oxygen atoms in total. The topological polar surface area (TPSA) is 98.3 Å². The minimum atomic E-state index is -1.15. The number of nitrogen functional groups attached to an aromatic ring is 1. The van der Waals surface area contributed by atoms with Gasteiger partial charge in [0.1, 0.15) is 5.56 Å². The highest BCUT2D eigenvalue weighted by atomic mass is 16.5. The average Bonchev–Trinajstić information content (AvgIpc) is 2.03. The van der Waals surface area contributed by atoms with Gasteiger partial charge in [-0.1, -0.05) is 0 Å². The van der Waals surface area contributed by atoms with Crippen LogP contribution >= 0.6 is 0 Å². The first kappa shape index (κ1) is 8.25. The van der Waals surface area contributed by atoms with Gasteiger partial charge < -0.3 is 15.6 Å². The van der Waals surface area contributed by atoms with E-state index >= 15 is 0 Å². The number of ether oxygens (including phenoxy) is 1. The van der Waals surface area contributed by atoms with Crippen LogP contribution in [0.15, 0.2) is 6.20 Å². The molecule has 0 fully saturated rings. The van der Waals surface area contributed by atoms with E-state index in [2.05, 4.69) is 14.7 Å². The second-order valence-electron chi connectivity index (χ2n) is 1.96. The van der Waals surface area contributed by atoms with Crippen molar-refractivity contribution in [2.45, 2.75) is 0 Å². The van der Waals surface area contributed by atoms with Crippen LogP contribution in [0, 0.1) is 0 Å². The summed E-state index contributed by atoms with van der Waals surface area (Å²) in [5.74, 6) is -1.20. The molecule has 0 aromatic carbocycles. The second-order valence-corrected chi connectivity index (χ2v) is 1.96. The Bertz CT molecular complexity index is 313. The molecule has 1 aromatic rings. The lowest BCUT2D eigenvalue weighted by Crippen LogP contribution is -2.05. The third kappa shape index (κ3) is 1.42. The summed E-state index contributed by atoms with van der Waals surface area (Å²) in [7, 11) is 1.31. The molecule has 0 atom stereocenters. The summed E-state index contributed by atoms with van der Waals surface area (Å²) in [6.07, 6.45) is 1.10. The molecule has 6 heteroatoms. The molecule has 0 saturated heterocycles. The van der Waals surface area contributed by atoms with Crippen LogP contribution in [0.2, 0.25) is 0 Å². The summed E-state index contributed by atoms with van der Waals surface area (Å²) >= 11 is 0. The van der Waals surface area contributed by atoms with Crippen LogP contribution in [0.4, 0.5) is 5.95 Å². The van der Waals surface area contributed by atoms with Gasteiger partial charge in [0.2, 0.25) is 11.8 Å². The van der Waals surface area contributed by atoms with E-state index < -0.39 is 5.97 Å². The van der Waals surface area contributed by atoms with Crippen molar-refractivity contribution in [3.63, 3.8) is 0 Å². The second kappa shape index (κ2) is 3.04. The fraction of sp³-hybridized carbons (Fsp3) is 0.167. The van der Waals surface area contributed by atoms with Gasteiger partial charge in [0.25, 0.3) is 0 Å². The van der Waals surface area contributed by atoms with E-state index in [0.29, 0.717) is 0 Å². The smallest absolute Gasteiger partial charge is 0.342 e. The molecule has 1 rings (SSSR count). The molecule has 3 N–H and O–H groups in total. The SMILES string of the molecule is COc1nc(N)ncc1C(=O)O. The molecule has 0 radical (unpaired) electrons. The van der Waals surface area contributed by atoms with Gasteiger partial charge >= 0.3 is 5.97 Å². The fourth-order valence-electron chi connectivity index (χ4n) is 0.681. The number of carbonyl (C=O) groups is 1. The zero-order chi connectivity index (χ0) is 9.14. The molecule has 1 heterocycles. The molecular weight excluding hydrogens is 162 g/mol. The Morgan fingerprint density at radius 2 is 2.42 bits per heavy atom. The zero-order valence-corrected chi connectivity index (χ0v) is 6.31. The van der Waals surface area contributed by atoms with E-state index in [-0.39, 0.29) is 17.4 Å². The van der Waals surface area contributed by atoms with Gasteiger partial charge in [0, 0.05) is 0 Å². The zero-order valence-electron chi connectivity index (χ0n) is 6.31. The Labute approximate surface area is 68.0 Å². The van der Waals surface area contributed by atoms with Crippen LogP contribution in [0.1, 0.15) is 10.4 Å². The number of carboxylic acids is 1. The van der Waals surface area contributed by atoms with Crippen LogP contribution in [0.5, 0.6) is 5.88 Å². The minimum absolute atomic E-state index is 0.0168. The van der Waals surface area contributed by atoms with Crippen LogP contribution in [-0.4, -0.2) is 28.2 Å². The quantitative estimate of drug-likeness (QED) is 0.634. The Hall–Kier alpha value is -1.85. The highest BCUT2D eigenvalue weighted by molar-refractivity contribution is 5.89. The van der Waals surface area contributed by atoms with E-state index in [1.165, 1.54) is 7.11 Å². The lowest BCUT2D eigenvalue weighted by molar-refractivity contribution is 0.0692. The summed E-state index contributed by atoms with van der Waals surface area (Å²) in [6.45, 7) is 0. The highest BCUT2D eigenvalue weighted by Gasteiger charge is 2.12. The van der Waals surface area contributed by atoms with Crippen LogP contribution in [0.25, 0.3) is 0 Å². The molecule has 0 amide bonds. The molecule has 1 aromatic heterocycles. The van der Waals surface area contributed by atoms with Gasteiger partial charge in [-0.2, -0.15) is 4.98 Å². The average molecular weight is 169 g/mol. The van der Waals surface area contributed by atoms with Gasteiger partial charge in [-0.05, 0) is 0 Å². The molecule has 0 unspecified atom stereocenters. The number of hydrogen-bond donors (Lipinski definition) is 2. The van der Waals surface area contributed by atoms with Crippen molar-refractivity contribution in [2.75, 3.05) is 12.8 Å². The normalized spacial score (nSPS) is 9.42. The van der Waals surface area contributed by atoms with Gasteiger partial charge in [-0.25, -0.2) is 9.78 Å². The standard InChI is InChI=1S/C6H7N3O3/c1-12-4-3(5(10)11)2-8-6(7)9-4/h2H,1H3,(H,10,11)(H2,7,8,9). The van der Waals surface area contributed by atoms with Crippen molar-refractivity contribution >= 4 is 11.9 Å². The number of aromatic nitrogens is 2. The molecule has 0 spiro atoms. The lowest BCUT2D eigenvalue weighted by atomic mass is 10.3. The third-order valence-corrected chi connectivity index (χ3v) is 1.20. The molecule has 0 aliphatic heterocycles. The molecule has 0 bridgehead atoms. The summed E-state index contributed by atoms with van der Waals surface area (Å²) in [6, 6.07) is 0. The Morgan fingerprint density at radius 3 is 2.92 bits per heavy atom. The predicted molar refractivity (Wildman–Crippen MR) is 40.0 cm³/mol. The summed E-state index contributed by atoms with van der Waals surface area (Å²) in [5, 5.41) is 8.59. The number of hydrogen-bond acceptors (Lipinski definition) is 5. The van der Waals surface area contributed by atoms with E-state index in [1.54, 1.807) is 0 Å². The van der Waals surface area contributed by atoms with Crippen molar-refractivity contribution in [3.05, 3.63) is 11.8 Å². The monoisotopic (exact) mass is 169 g/mol. The van der Waals surface area contributed by atoms with Crippen molar-refractivity contribution in [1.82, 2.24) is 9.97 Å². The third-order valence-electron chi connectivity index (χ3n) is 1.20. The van der Waals surface area contributed by atoms with Gasteiger partial charge in [-0.3, -0.25) is 0 Å². The Kier molecular flexibility index (Phi) is 2.09. The number of methoxy groups -OCH3 is 1. The van der Waals surface area contributed by atoms with Gasteiger partial charge in [0.05, 0.1) is 13.3 Å². The molecule has 0 aliphatic rings. The minimum Gasteiger partial charge on any atom is -0.480 e. The molecule has 64 valence electrons. The first-order valence-electron chi connectivity index (χ1n) is 3.05. The molecular formula is C6H7N3O3. The number of nitrogens with two attached hydrogens (primary N) is 1. The van der Waals surface area contributed by atoms with Crippen molar-refractivity contribution < 1.29 is 14.6 Å². The summed E-state index contributed by atoms with van der Waals surface area (Å²) in [5.41, 5.74) is 5.10. The highest BCUT2D eigenvalue weighted by Crippen LogP contribution is 2.13. The predicted octanol–water partition coefficient (Wildman–Crippen LogP) is -0.234. The Balaban J connectivity index is 3.20. The Morgan fingerprint density at radius 1 is 1.75 bits per heavy atom. The summed E-state index contributed by atoms with van der Waals surface area (Å²) < 4.78 is 4.68. The van der Waals surface area contributed by atoms with Crippen LogP contribution in [0.3, 0.4) is 0 Å². The van der Waals surface area contributed by atoms with Crippen molar-refractivity contribution in [1.29, 1.82) is 0 Å². The van der Waals surface area contributed by atoms with E-state index in [0.717, 1.165) is 6.20 Å². The van der Waals surface area contributed by atoms with Gasteiger partial charge in [0.15, 0.2) is 0 Å². The molecule has 0 aliphatic carbocycles. The maximum absolute atomic E-state index is 10.5. The maximum atomic E-state index is 10.5. The van der Waals surface area contributed by atoms with Crippen molar-refractivity contribution in [2.24, 2.45) is 0 Å². The largest absolute Gasteiger partial charge is 0.480 e. The van der Waals surface area contributed by atoms with E-state index in [4.69, 9.17) is 10.8 Å². The number of anilines is 1. The fourth-order valence-corrected chi connectivity index (χ4v) is 0.681. The van der Waals surface area contributed by atoms with Crippen LogP contribution < -0.4 is 10.5 Å². The first-order valence-corrected chi connectivity index (χ1v) is 3.05. The lowest BCUT2D eigenvalue weighted by Gasteiger charge is -2.02. The number of rotatable bonds is 2. The maximum Gasteiger partial charge on any atom is 0.342 e. The molecule has 12 heavy (non-hydrogen) atoms. The van der Waals surface area contributed by atoms with Crippen LogP contribution in [-0.2, 0) is 0 Å². The number of aromatic carboxylic acids is 1. The molecule has 0 saturated carbocycles. The van der Waals surface area contributed by atoms with E-state index in [1.807, 2.05) is 0 Å².